The van der Waals surface area contributed by atoms with E-state index in [2.05, 4.69) is 11.1 Å². The molecule has 0 saturated carbocycles. The smallest absolute Gasteiger partial charge is 0.309 e. The summed E-state index contributed by atoms with van der Waals surface area (Å²) in [6, 6.07) is 23.4. The SMILES string of the molecule is Cc1cc(C#N)c(-c2ccncc2)cc1-n1c2ccccc2c2cc(-c3ccc(C(F)(F)F)cc3C(F)(F)F)ccc21. The molecule has 0 fully saturated rings. The number of hydrogen-bond donors (Lipinski definition) is 0. The number of benzene rings is 4. The number of rotatable bonds is 3. The van der Waals surface area contributed by atoms with Crippen LogP contribution < -0.4 is 0 Å². The minimum atomic E-state index is -5.00. The predicted octanol–water partition coefficient (Wildman–Crippen LogP) is 9.73. The van der Waals surface area contributed by atoms with Crippen LogP contribution in [0.1, 0.15) is 22.3 Å². The van der Waals surface area contributed by atoms with Gasteiger partial charge in [-0.25, -0.2) is 0 Å². The number of fused-ring (bicyclic) bond motifs is 3. The van der Waals surface area contributed by atoms with Crippen molar-refractivity contribution in [2.24, 2.45) is 0 Å². The van der Waals surface area contributed by atoms with Gasteiger partial charge in [0.1, 0.15) is 0 Å². The number of nitrogens with zero attached hydrogens (tertiary/aromatic N) is 3. The van der Waals surface area contributed by atoms with Gasteiger partial charge in [0.25, 0.3) is 0 Å². The van der Waals surface area contributed by atoms with Crippen LogP contribution in [0.25, 0.3) is 49.7 Å². The predicted molar refractivity (Wildman–Crippen MR) is 149 cm³/mol. The van der Waals surface area contributed by atoms with Crippen LogP contribution >= 0.6 is 0 Å². The average Bonchev–Trinajstić information content (AvgIpc) is 3.29. The zero-order valence-electron chi connectivity index (χ0n) is 21.8. The third-order valence-corrected chi connectivity index (χ3v) is 7.32. The van der Waals surface area contributed by atoms with Gasteiger partial charge in [-0.15, -0.1) is 0 Å². The molecule has 0 aliphatic rings. The first-order chi connectivity index (χ1) is 20.0. The molecule has 208 valence electrons. The fourth-order valence-corrected chi connectivity index (χ4v) is 5.41. The van der Waals surface area contributed by atoms with Crippen LogP contribution in [0.2, 0.25) is 0 Å². The summed E-state index contributed by atoms with van der Waals surface area (Å²) in [6.07, 6.45) is -6.64. The molecule has 0 aliphatic carbocycles. The van der Waals surface area contributed by atoms with E-state index in [0.29, 0.717) is 28.1 Å². The van der Waals surface area contributed by atoms with Gasteiger partial charge >= 0.3 is 12.4 Å². The highest BCUT2D eigenvalue weighted by Gasteiger charge is 2.38. The van der Waals surface area contributed by atoms with Crippen molar-refractivity contribution in [3.8, 4) is 34.0 Å². The number of hydrogen-bond acceptors (Lipinski definition) is 2. The fourth-order valence-electron chi connectivity index (χ4n) is 5.41. The topological polar surface area (TPSA) is 41.6 Å². The Kier molecular flexibility index (Phi) is 6.30. The Bertz CT molecular complexity index is 2030. The summed E-state index contributed by atoms with van der Waals surface area (Å²) >= 11 is 0. The first kappa shape index (κ1) is 27.1. The highest BCUT2D eigenvalue weighted by molar-refractivity contribution is 6.10. The van der Waals surface area contributed by atoms with Gasteiger partial charge in [-0.05, 0) is 83.8 Å². The first-order valence-corrected chi connectivity index (χ1v) is 12.7. The number of nitriles is 1. The van der Waals surface area contributed by atoms with Gasteiger partial charge < -0.3 is 4.57 Å². The number of pyridine rings is 1. The molecule has 0 aliphatic heterocycles. The molecular weight excluding hydrogens is 552 g/mol. The molecule has 0 saturated heterocycles. The summed E-state index contributed by atoms with van der Waals surface area (Å²) < 4.78 is 83.7. The van der Waals surface area contributed by atoms with E-state index >= 15 is 0 Å². The van der Waals surface area contributed by atoms with Crippen molar-refractivity contribution in [1.29, 1.82) is 5.26 Å². The lowest BCUT2D eigenvalue weighted by atomic mass is 9.95. The molecule has 3 nitrogen and oxygen atoms in total. The summed E-state index contributed by atoms with van der Waals surface area (Å²) in [5.74, 6) is 0. The van der Waals surface area contributed by atoms with E-state index in [1.165, 1.54) is 6.07 Å². The van der Waals surface area contributed by atoms with Crippen molar-refractivity contribution in [1.82, 2.24) is 9.55 Å². The minimum absolute atomic E-state index is 0.139. The summed E-state index contributed by atoms with van der Waals surface area (Å²) in [5, 5.41) is 11.2. The van der Waals surface area contributed by atoms with Crippen LogP contribution in [-0.2, 0) is 12.4 Å². The molecule has 42 heavy (non-hydrogen) atoms. The third-order valence-electron chi connectivity index (χ3n) is 7.32. The van der Waals surface area contributed by atoms with Gasteiger partial charge in [-0.3, -0.25) is 4.98 Å². The molecule has 2 heterocycles. The Balaban J connectivity index is 1.61. The van der Waals surface area contributed by atoms with Gasteiger partial charge in [0.05, 0.1) is 33.8 Å². The van der Waals surface area contributed by atoms with Crippen molar-refractivity contribution in [3.05, 3.63) is 120 Å². The highest BCUT2D eigenvalue weighted by atomic mass is 19.4. The van der Waals surface area contributed by atoms with Crippen LogP contribution in [0.3, 0.4) is 0 Å². The molecule has 0 amide bonds. The molecule has 0 radical (unpaired) electrons. The van der Waals surface area contributed by atoms with Crippen molar-refractivity contribution >= 4 is 21.8 Å². The maximum Gasteiger partial charge on any atom is 0.417 e. The van der Waals surface area contributed by atoms with Gasteiger partial charge in [0.2, 0.25) is 0 Å². The lowest BCUT2D eigenvalue weighted by molar-refractivity contribution is -0.142. The number of alkyl halides is 6. The maximum absolute atomic E-state index is 14.0. The van der Waals surface area contributed by atoms with Crippen molar-refractivity contribution in [3.63, 3.8) is 0 Å². The van der Waals surface area contributed by atoms with Crippen molar-refractivity contribution < 1.29 is 26.3 Å². The molecule has 0 bridgehead atoms. The molecule has 0 atom stereocenters. The van der Waals surface area contributed by atoms with E-state index in [1.54, 1.807) is 42.7 Å². The Morgan fingerprint density at radius 2 is 1.40 bits per heavy atom. The lowest BCUT2D eigenvalue weighted by Crippen LogP contribution is -2.12. The van der Waals surface area contributed by atoms with E-state index in [4.69, 9.17) is 0 Å². The molecule has 2 aromatic heterocycles. The van der Waals surface area contributed by atoms with Crippen LogP contribution in [0.15, 0.2) is 97.3 Å². The number of aromatic nitrogens is 2. The van der Waals surface area contributed by atoms with Crippen molar-refractivity contribution in [2.75, 3.05) is 0 Å². The molecule has 4 aromatic carbocycles. The molecular formula is C33H19F6N3. The normalized spacial score (nSPS) is 12.1. The molecule has 0 N–H and O–H groups in total. The Hall–Kier alpha value is -5.10. The molecule has 6 aromatic rings. The van der Waals surface area contributed by atoms with Crippen LogP contribution in [0.4, 0.5) is 26.3 Å². The number of halogens is 6. The second-order valence-electron chi connectivity index (χ2n) is 9.87. The van der Waals surface area contributed by atoms with Crippen LogP contribution in [0.5, 0.6) is 0 Å². The zero-order valence-corrected chi connectivity index (χ0v) is 21.8. The van der Waals surface area contributed by atoms with Gasteiger partial charge in [0.15, 0.2) is 0 Å². The molecule has 0 unspecified atom stereocenters. The standard InChI is InChI=1S/C33H19F6N3/c1-19-14-22(18-40)26(20-10-12-41-13-11-20)17-31(19)42-29-5-3-2-4-25(29)27-15-21(6-9-30(27)42)24-8-7-23(32(34,35)36)16-28(24)33(37,38)39/h2-17H,1H3. The van der Waals surface area contributed by atoms with Crippen LogP contribution in [-0.4, -0.2) is 9.55 Å². The fraction of sp³-hybridized carbons (Fsp3) is 0.0909. The minimum Gasteiger partial charge on any atom is -0.309 e. The number of aryl methyl sites for hydroxylation is 1. The van der Waals surface area contributed by atoms with E-state index in [-0.39, 0.29) is 17.2 Å². The van der Waals surface area contributed by atoms with Crippen LogP contribution in [0, 0.1) is 18.3 Å². The summed E-state index contributed by atoms with van der Waals surface area (Å²) in [7, 11) is 0. The average molecular weight is 572 g/mol. The molecule has 9 heteroatoms. The summed E-state index contributed by atoms with van der Waals surface area (Å²) in [6.45, 7) is 1.87. The third kappa shape index (κ3) is 4.55. The lowest BCUT2D eigenvalue weighted by Gasteiger charge is -2.17. The maximum atomic E-state index is 14.0. The van der Waals surface area contributed by atoms with Gasteiger partial charge in [0, 0.05) is 34.4 Å². The van der Waals surface area contributed by atoms with E-state index < -0.39 is 23.5 Å². The van der Waals surface area contributed by atoms with Gasteiger partial charge in [-0.2, -0.15) is 31.6 Å². The first-order valence-electron chi connectivity index (χ1n) is 12.7. The molecule has 6 rings (SSSR count). The number of para-hydroxylation sites is 1. The van der Waals surface area contributed by atoms with E-state index in [9.17, 15) is 31.6 Å². The van der Waals surface area contributed by atoms with E-state index in [1.807, 2.05) is 41.8 Å². The Morgan fingerprint density at radius 3 is 2.10 bits per heavy atom. The molecule has 0 spiro atoms. The quantitative estimate of drug-likeness (QED) is 0.199. The summed E-state index contributed by atoms with van der Waals surface area (Å²) in [5.41, 5.74) is 2.09. The van der Waals surface area contributed by atoms with E-state index in [0.717, 1.165) is 33.8 Å². The Labute approximate surface area is 235 Å². The van der Waals surface area contributed by atoms with Gasteiger partial charge in [-0.1, -0.05) is 30.3 Å². The van der Waals surface area contributed by atoms with Crippen molar-refractivity contribution in [2.45, 2.75) is 19.3 Å². The second kappa shape index (κ2) is 9.77. The largest absolute Gasteiger partial charge is 0.417 e. The highest BCUT2D eigenvalue weighted by Crippen LogP contribution is 2.43. The monoisotopic (exact) mass is 571 g/mol. The second-order valence-corrected chi connectivity index (χ2v) is 9.87. The Morgan fingerprint density at radius 1 is 0.690 bits per heavy atom. The zero-order chi connectivity index (χ0) is 29.8. The summed E-state index contributed by atoms with van der Waals surface area (Å²) in [4.78, 5) is 4.06.